The summed E-state index contributed by atoms with van der Waals surface area (Å²) in [6.07, 6.45) is 9.81. The van der Waals surface area contributed by atoms with Crippen molar-refractivity contribution in [2.45, 2.75) is 71.6 Å². The Labute approximate surface area is 171 Å². The summed E-state index contributed by atoms with van der Waals surface area (Å²) in [5.74, 6) is 2.10. The van der Waals surface area contributed by atoms with Gasteiger partial charge in [0.05, 0.1) is 17.9 Å². The molecular weight excluding hydrogens is 370 g/mol. The van der Waals surface area contributed by atoms with Crippen molar-refractivity contribution in [2.75, 3.05) is 24.6 Å². The number of unbranched alkanes of at least 4 members (excludes halogenated alkanes) is 1. The molecule has 0 unspecified atom stereocenters. The van der Waals surface area contributed by atoms with Crippen LogP contribution < -0.4 is 4.90 Å². The number of hydrogen-bond donors (Lipinski definition) is 0. The number of piperidine rings is 1. The fourth-order valence-corrected chi connectivity index (χ4v) is 5.72. The maximum Gasteiger partial charge on any atom is 0.309 e. The molecule has 4 rings (SSSR count). The van der Waals surface area contributed by atoms with E-state index >= 15 is 0 Å². The number of ether oxygens (including phenoxy) is 1. The molecule has 1 aliphatic heterocycles. The van der Waals surface area contributed by atoms with Gasteiger partial charge in [0.1, 0.15) is 16.5 Å². The number of fused-ring (bicyclic) bond motifs is 3. The lowest BCUT2D eigenvalue weighted by atomic mass is 9.95. The third kappa shape index (κ3) is 3.88. The highest BCUT2D eigenvalue weighted by Gasteiger charge is 2.29. The Bertz CT molecular complexity index is 840. The second kappa shape index (κ2) is 8.76. The Morgan fingerprint density at radius 1 is 1.18 bits per heavy atom. The second-order valence-electron chi connectivity index (χ2n) is 7.97. The molecule has 0 N–H and O–H groups in total. The molecule has 0 bridgehead atoms. The number of esters is 1. The van der Waals surface area contributed by atoms with Gasteiger partial charge in [0, 0.05) is 24.4 Å². The van der Waals surface area contributed by atoms with E-state index < -0.39 is 0 Å². The lowest BCUT2D eigenvalue weighted by Crippen LogP contribution is -2.37. The lowest BCUT2D eigenvalue weighted by molar-refractivity contribution is -0.148. The third-order valence-corrected chi connectivity index (χ3v) is 7.20. The van der Waals surface area contributed by atoms with Gasteiger partial charge in [-0.05, 0) is 57.4 Å². The predicted octanol–water partition coefficient (Wildman–Crippen LogP) is 4.69. The molecule has 0 atom stereocenters. The average Bonchev–Trinajstić information content (AvgIpc) is 3.10. The van der Waals surface area contributed by atoms with E-state index in [4.69, 9.17) is 14.7 Å². The molecule has 5 nitrogen and oxygen atoms in total. The van der Waals surface area contributed by atoms with Crippen molar-refractivity contribution in [1.82, 2.24) is 9.97 Å². The highest BCUT2D eigenvalue weighted by Crippen LogP contribution is 2.40. The number of carbonyl (C=O) groups excluding carboxylic acids is 1. The van der Waals surface area contributed by atoms with Gasteiger partial charge in [-0.25, -0.2) is 9.97 Å². The maximum absolute atomic E-state index is 12.1. The fraction of sp³-hybridized carbons (Fsp3) is 0.682. The molecule has 0 spiro atoms. The van der Waals surface area contributed by atoms with Gasteiger partial charge in [0.2, 0.25) is 0 Å². The van der Waals surface area contributed by atoms with Gasteiger partial charge in [0.25, 0.3) is 0 Å². The van der Waals surface area contributed by atoms with Crippen LogP contribution in [0.2, 0.25) is 0 Å². The summed E-state index contributed by atoms with van der Waals surface area (Å²) >= 11 is 1.89. The van der Waals surface area contributed by atoms with Gasteiger partial charge in [-0.2, -0.15) is 0 Å². The largest absolute Gasteiger partial charge is 0.466 e. The molecule has 0 amide bonds. The molecule has 28 heavy (non-hydrogen) atoms. The summed E-state index contributed by atoms with van der Waals surface area (Å²) in [6, 6.07) is 0. The molecule has 2 aromatic heterocycles. The number of aryl methyl sites for hydroxylation is 3. The van der Waals surface area contributed by atoms with Gasteiger partial charge >= 0.3 is 5.97 Å². The highest BCUT2D eigenvalue weighted by atomic mass is 32.1. The van der Waals surface area contributed by atoms with Gasteiger partial charge in [0.15, 0.2) is 0 Å². The first kappa shape index (κ1) is 19.6. The smallest absolute Gasteiger partial charge is 0.309 e. The SMILES string of the molecule is CCCCc1nc(N2CCC(C(=O)OCC)CC2)c2c3c(sc2n1)CCCC3. The van der Waals surface area contributed by atoms with Crippen molar-refractivity contribution in [3.05, 3.63) is 16.3 Å². The molecule has 3 heterocycles. The molecule has 0 saturated carbocycles. The molecule has 6 heteroatoms. The molecule has 2 aliphatic rings. The van der Waals surface area contributed by atoms with E-state index in [1.54, 1.807) is 0 Å². The molecule has 1 fully saturated rings. The molecule has 2 aromatic rings. The predicted molar refractivity (Wildman–Crippen MR) is 114 cm³/mol. The zero-order valence-corrected chi connectivity index (χ0v) is 17.9. The normalized spacial score (nSPS) is 17.7. The fourth-order valence-electron chi connectivity index (χ4n) is 4.44. The Balaban J connectivity index is 1.65. The van der Waals surface area contributed by atoms with Gasteiger partial charge in [-0.3, -0.25) is 4.79 Å². The summed E-state index contributed by atoms with van der Waals surface area (Å²) < 4.78 is 5.24. The molecular formula is C22H31N3O2S. The first-order valence-corrected chi connectivity index (χ1v) is 11.8. The van der Waals surface area contributed by atoms with Crippen molar-refractivity contribution in [1.29, 1.82) is 0 Å². The minimum absolute atomic E-state index is 0.0319. The van der Waals surface area contributed by atoms with Gasteiger partial charge < -0.3 is 9.64 Å². The highest BCUT2D eigenvalue weighted by molar-refractivity contribution is 7.19. The Hall–Kier alpha value is -1.69. The van der Waals surface area contributed by atoms with Crippen LogP contribution in [0.15, 0.2) is 0 Å². The summed E-state index contributed by atoms with van der Waals surface area (Å²) in [4.78, 5) is 27.2. The number of nitrogens with zero attached hydrogens (tertiary/aromatic N) is 3. The minimum atomic E-state index is -0.0356. The maximum atomic E-state index is 12.1. The summed E-state index contributed by atoms with van der Waals surface area (Å²) in [5.41, 5.74) is 1.50. The van der Waals surface area contributed by atoms with Crippen molar-refractivity contribution in [3.63, 3.8) is 0 Å². The van der Waals surface area contributed by atoms with Crippen LogP contribution >= 0.6 is 11.3 Å². The van der Waals surface area contributed by atoms with E-state index in [0.717, 1.165) is 63.3 Å². The topological polar surface area (TPSA) is 55.3 Å². The zero-order valence-electron chi connectivity index (χ0n) is 17.1. The number of rotatable bonds is 6. The Morgan fingerprint density at radius 2 is 1.96 bits per heavy atom. The molecule has 0 aromatic carbocycles. The lowest BCUT2D eigenvalue weighted by Gasteiger charge is -2.32. The van der Waals surface area contributed by atoms with E-state index in [0.29, 0.717) is 6.61 Å². The number of thiophene rings is 1. The van der Waals surface area contributed by atoms with Gasteiger partial charge in [-0.15, -0.1) is 11.3 Å². The van der Waals surface area contributed by atoms with Crippen molar-refractivity contribution < 1.29 is 9.53 Å². The second-order valence-corrected chi connectivity index (χ2v) is 9.06. The van der Waals surface area contributed by atoms with Crippen LogP contribution in [0.25, 0.3) is 10.2 Å². The van der Waals surface area contributed by atoms with Gasteiger partial charge in [-0.1, -0.05) is 13.3 Å². The Kier molecular flexibility index (Phi) is 6.14. The summed E-state index contributed by atoms with van der Waals surface area (Å²) in [7, 11) is 0. The van der Waals surface area contributed by atoms with Crippen molar-refractivity contribution in [3.8, 4) is 0 Å². The van der Waals surface area contributed by atoms with E-state index in [9.17, 15) is 4.79 Å². The van der Waals surface area contributed by atoms with Crippen LogP contribution in [0.5, 0.6) is 0 Å². The first-order valence-electron chi connectivity index (χ1n) is 10.9. The van der Waals surface area contributed by atoms with E-state index in [-0.39, 0.29) is 11.9 Å². The number of carbonyl (C=O) groups is 1. The van der Waals surface area contributed by atoms with E-state index in [1.165, 1.54) is 39.9 Å². The van der Waals surface area contributed by atoms with Crippen LogP contribution in [-0.2, 0) is 28.8 Å². The van der Waals surface area contributed by atoms with Crippen LogP contribution in [-0.4, -0.2) is 35.6 Å². The van der Waals surface area contributed by atoms with Crippen LogP contribution in [0.1, 0.15) is 68.6 Å². The number of aromatic nitrogens is 2. The first-order chi connectivity index (χ1) is 13.7. The third-order valence-electron chi connectivity index (χ3n) is 6.01. The average molecular weight is 402 g/mol. The monoisotopic (exact) mass is 401 g/mol. The quantitative estimate of drug-likeness (QED) is 0.657. The van der Waals surface area contributed by atoms with Crippen LogP contribution in [0.3, 0.4) is 0 Å². The zero-order chi connectivity index (χ0) is 19.5. The standard InChI is InChI=1S/C22H31N3O2S/c1-3-5-10-18-23-20(25-13-11-15(12-14-25)22(26)27-4-2)19-16-8-6-7-9-17(16)28-21(19)24-18/h15H,3-14H2,1-2H3. The Morgan fingerprint density at radius 3 is 2.71 bits per heavy atom. The number of anilines is 1. The molecule has 1 saturated heterocycles. The summed E-state index contributed by atoms with van der Waals surface area (Å²) in [5, 5.41) is 1.30. The van der Waals surface area contributed by atoms with Crippen molar-refractivity contribution in [2.24, 2.45) is 5.92 Å². The van der Waals surface area contributed by atoms with E-state index in [1.807, 2.05) is 18.3 Å². The molecule has 0 radical (unpaired) electrons. The summed E-state index contributed by atoms with van der Waals surface area (Å²) in [6.45, 7) is 6.29. The van der Waals surface area contributed by atoms with Crippen molar-refractivity contribution >= 4 is 33.3 Å². The molecule has 152 valence electrons. The van der Waals surface area contributed by atoms with Crippen LogP contribution in [0, 0.1) is 5.92 Å². The van der Waals surface area contributed by atoms with Crippen LogP contribution in [0.4, 0.5) is 5.82 Å². The number of hydrogen-bond acceptors (Lipinski definition) is 6. The minimum Gasteiger partial charge on any atom is -0.466 e. The molecule has 1 aliphatic carbocycles. The van der Waals surface area contributed by atoms with E-state index in [2.05, 4.69) is 11.8 Å².